The van der Waals surface area contributed by atoms with Crippen molar-refractivity contribution >= 4 is 11.9 Å². The van der Waals surface area contributed by atoms with Crippen LogP contribution in [0.4, 0.5) is 0 Å². The molecule has 21 heavy (non-hydrogen) atoms. The van der Waals surface area contributed by atoms with Crippen LogP contribution in [0.25, 0.3) is 0 Å². The number of nitrogens with one attached hydrogen (secondary N) is 1. The lowest BCUT2D eigenvalue weighted by molar-refractivity contribution is 0.0690. The Morgan fingerprint density at radius 3 is 2.43 bits per heavy atom. The van der Waals surface area contributed by atoms with Crippen LogP contribution in [0.2, 0.25) is 0 Å². The number of rotatable bonds is 4. The Balaban J connectivity index is 2.26. The smallest absolute Gasteiger partial charge is 0.352 e. The molecule has 6 heteroatoms. The van der Waals surface area contributed by atoms with Crippen LogP contribution < -0.4 is 0 Å². The van der Waals surface area contributed by atoms with E-state index in [9.17, 15) is 9.59 Å². The van der Waals surface area contributed by atoms with Crippen molar-refractivity contribution in [1.82, 2.24) is 14.9 Å². The number of hydrogen-bond acceptors (Lipinski definition) is 3. The minimum atomic E-state index is -1.06. The van der Waals surface area contributed by atoms with Crippen molar-refractivity contribution in [3.8, 4) is 0 Å². The fraction of sp³-hybridized carbons (Fsp3) is 0.267. The molecule has 0 aliphatic heterocycles. The van der Waals surface area contributed by atoms with Gasteiger partial charge in [-0.25, -0.2) is 4.79 Å². The summed E-state index contributed by atoms with van der Waals surface area (Å²) in [6, 6.07) is 3.67. The largest absolute Gasteiger partial charge is 0.477 e. The Labute approximate surface area is 122 Å². The number of carboxylic acid groups (broad SMARTS) is 1. The van der Waals surface area contributed by atoms with Gasteiger partial charge in [0.15, 0.2) is 0 Å². The molecule has 2 aromatic heterocycles. The molecule has 0 radical (unpaired) electrons. The van der Waals surface area contributed by atoms with Gasteiger partial charge in [0.05, 0.1) is 5.56 Å². The van der Waals surface area contributed by atoms with E-state index in [0.717, 1.165) is 5.56 Å². The van der Waals surface area contributed by atoms with Crippen LogP contribution >= 0.6 is 0 Å². The average molecular weight is 287 g/mol. The highest BCUT2D eigenvalue weighted by Crippen LogP contribution is 2.20. The summed E-state index contributed by atoms with van der Waals surface area (Å²) < 4.78 is 0. The van der Waals surface area contributed by atoms with Gasteiger partial charge in [0.25, 0.3) is 5.91 Å². The molecule has 0 saturated carbocycles. The van der Waals surface area contributed by atoms with Gasteiger partial charge in [0.1, 0.15) is 5.69 Å². The number of hydrogen-bond donors (Lipinski definition) is 2. The first-order chi connectivity index (χ1) is 9.91. The number of aryl methyl sites for hydroxylation is 1. The number of carbonyl (C=O) groups excluding carboxylic acids is 1. The van der Waals surface area contributed by atoms with Gasteiger partial charge in [0, 0.05) is 31.7 Å². The lowest BCUT2D eigenvalue weighted by Crippen LogP contribution is -2.27. The summed E-state index contributed by atoms with van der Waals surface area (Å²) in [7, 11) is 1.69. The van der Waals surface area contributed by atoms with Crippen molar-refractivity contribution in [3.05, 3.63) is 52.6 Å². The van der Waals surface area contributed by atoms with Gasteiger partial charge in [-0.3, -0.25) is 9.78 Å². The highest BCUT2D eigenvalue weighted by molar-refractivity contribution is 6.00. The Morgan fingerprint density at radius 1 is 1.29 bits per heavy atom. The number of amides is 1. The molecule has 6 nitrogen and oxygen atoms in total. The Kier molecular flexibility index (Phi) is 4.07. The highest BCUT2D eigenvalue weighted by Gasteiger charge is 2.23. The SMILES string of the molecule is Cc1[nH]c(C(=O)O)c(C)c1C(=O)N(C)Cc1ccncc1. The first-order valence-electron chi connectivity index (χ1n) is 6.48. The standard InChI is InChI=1S/C15H17N3O3/c1-9-12(10(2)17-13(9)15(20)21)14(19)18(3)8-11-4-6-16-7-5-11/h4-7,17H,8H2,1-3H3,(H,20,21). The third-order valence-corrected chi connectivity index (χ3v) is 3.38. The zero-order chi connectivity index (χ0) is 15.6. The van der Waals surface area contributed by atoms with E-state index in [4.69, 9.17) is 5.11 Å². The predicted octanol–water partition coefficient (Wildman–Crippen LogP) is 2.00. The summed E-state index contributed by atoms with van der Waals surface area (Å²) in [6.07, 6.45) is 3.34. The van der Waals surface area contributed by atoms with Gasteiger partial charge in [-0.2, -0.15) is 0 Å². The average Bonchev–Trinajstić information content (AvgIpc) is 2.74. The third kappa shape index (κ3) is 2.94. The van der Waals surface area contributed by atoms with E-state index < -0.39 is 5.97 Å². The van der Waals surface area contributed by atoms with Crippen LogP contribution in [-0.2, 0) is 6.54 Å². The molecule has 2 heterocycles. The van der Waals surface area contributed by atoms with Gasteiger partial charge >= 0.3 is 5.97 Å². The minimum absolute atomic E-state index is 0.0631. The second kappa shape index (κ2) is 5.78. The number of aromatic nitrogens is 2. The zero-order valence-electron chi connectivity index (χ0n) is 12.2. The first kappa shape index (κ1) is 14.8. The van der Waals surface area contributed by atoms with E-state index in [0.29, 0.717) is 23.4 Å². The number of pyridine rings is 1. The van der Waals surface area contributed by atoms with Crippen molar-refractivity contribution in [2.45, 2.75) is 20.4 Å². The zero-order valence-corrected chi connectivity index (χ0v) is 12.2. The van der Waals surface area contributed by atoms with Gasteiger partial charge in [0.2, 0.25) is 0 Å². The molecule has 0 fully saturated rings. The summed E-state index contributed by atoms with van der Waals surface area (Å²) in [5, 5.41) is 9.10. The molecular weight excluding hydrogens is 270 g/mol. The lowest BCUT2D eigenvalue weighted by Gasteiger charge is -2.17. The maximum atomic E-state index is 12.5. The Bertz CT molecular complexity index is 677. The van der Waals surface area contributed by atoms with Crippen LogP contribution in [0.5, 0.6) is 0 Å². The van der Waals surface area contributed by atoms with Crippen molar-refractivity contribution < 1.29 is 14.7 Å². The molecular formula is C15H17N3O3. The predicted molar refractivity (Wildman–Crippen MR) is 77.3 cm³/mol. The topological polar surface area (TPSA) is 86.3 Å². The number of carboxylic acids is 1. The second-order valence-corrected chi connectivity index (χ2v) is 4.95. The van der Waals surface area contributed by atoms with Crippen LogP contribution in [0, 0.1) is 13.8 Å². The molecule has 0 spiro atoms. The molecule has 0 unspecified atom stereocenters. The van der Waals surface area contributed by atoms with Gasteiger partial charge < -0.3 is 15.0 Å². The summed E-state index contributed by atoms with van der Waals surface area (Å²) >= 11 is 0. The van der Waals surface area contributed by atoms with Gasteiger partial charge in [-0.05, 0) is 37.1 Å². The Hall–Kier alpha value is -2.63. The molecule has 1 amide bonds. The Morgan fingerprint density at radius 2 is 1.90 bits per heavy atom. The number of aromatic amines is 1. The fourth-order valence-electron chi connectivity index (χ4n) is 2.31. The number of aromatic carboxylic acids is 1. The maximum Gasteiger partial charge on any atom is 0.352 e. The van der Waals surface area contributed by atoms with E-state index in [2.05, 4.69) is 9.97 Å². The third-order valence-electron chi connectivity index (χ3n) is 3.38. The highest BCUT2D eigenvalue weighted by atomic mass is 16.4. The molecule has 0 saturated heterocycles. The lowest BCUT2D eigenvalue weighted by atomic mass is 10.1. The van der Waals surface area contributed by atoms with E-state index >= 15 is 0 Å². The fourth-order valence-corrected chi connectivity index (χ4v) is 2.31. The molecule has 0 atom stereocenters. The molecule has 110 valence electrons. The molecule has 0 aliphatic carbocycles. The molecule has 0 aromatic carbocycles. The van der Waals surface area contributed by atoms with Crippen molar-refractivity contribution in [2.75, 3.05) is 7.05 Å². The van der Waals surface area contributed by atoms with Crippen LogP contribution in [-0.4, -0.2) is 38.9 Å². The first-order valence-corrected chi connectivity index (χ1v) is 6.48. The quantitative estimate of drug-likeness (QED) is 0.900. The minimum Gasteiger partial charge on any atom is -0.477 e. The number of nitrogens with zero attached hydrogens (tertiary/aromatic N) is 2. The summed E-state index contributed by atoms with van der Waals surface area (Å²) in [4.78, 5) is 31.9. The monoisotopic (exact) mass is 287 g/mol. The maximum absolute atomic E-state index is 12.5. The van der Waals surface area contributed by atoms with Crippen molar-refractivity contribution in [3.63, 3.8) is 0 Å². The molecule has 2 rings (SSSR count). The number of carbonyl (C=O) groups is 2. The molecule has 0 bridgehead atoms. The van der Waals surface area contributed by atoms with Gasteiger partial charge in [-0.15, -0.1) is 0 Å². The van der Waals surface area contributed by atoms with Crippen LogP contribution in [0.15, 0.2) is 24.5 Å². The van der Waals surface area contributed by atoms with E-state index in [1.54, 1.807) is 38.2 Å². The van der Waals surface area contributed by atoms with Gasteiger partial charge in [-0.1, -0.05) is 0 Å². The van der Waals surface area contributed by atoms with E-state index in [1.807, 2.05) is 12.1 Å². The molecule has 2 aromatic rings. The second-order valence-electron chi connectivity index (χ2n) is 4.95. The summed E-state index contributed by atoms with van der Waals surface area (Å²) in [6.45, 7) is 3.78. The molecule has 2 N–H and O–H groups in total. The normalized spacial score (nSPS) is 10.4. The number of H-pyrrole nitrogens is 1. The summed E-state index contributed by atoms with van der Waals surface area (Å²) in [5.41, 5.74) is 2.48. The van der Waals surface area contributed by atoms with E-state index in [-0.39, 0.29) is 11.6 Å². The van der Waals surface area contributed by atoms with E-state index in [1.165, 1.54) is 0 Å². The van der Waals surface area contributed by atoms with Crippen molar-refractivity contribution in [2.24, 2.45) is 0 Å². The van der Waals surface area contributed by atoms with Crippen molar-refractivity contribution in [1.29, 1.82) is 0 Å². The van der Waals surface area contributed by atoms with Crippen LogP contribution in [0.1, 0.15) is 37.7 Å². The van der Waals surface area contributed by atoms with Crippen LogP contribution in [0.3, 0.4) is 0 Å². The summed E-state index contributed by atoms with van der Waals surface area (Å²) in [5.74, 6) is -1.27. The molecule has 0 aliphatic rings.